The molecule has 3 aromatic rings. The van der Waals surface area contributed by atoms with Crippen LogP contribution < -0.4 is 10.4 Å². The Kier molecular flexibility index (Phi) is 4.26. The number of carboxylic acid groups (broad SMARTS) is 1. The van der Waals surface area contributed by atoms with Gasteiger partial charge in [-0.1, -0.05) is 23.7 Å². The van der Waals surface area contributed by atoms with Crippen LogP contribution in [0.25, 0.3) is 5.69 Å². The maximum Gasteiger partial charge on any atom is 0.257 e. The summed E-state index contributed by atoms with van der Waals surface area (Å²) in [5, 5.41) is 21.2. The van der Waals surface area contributed by atoms with E-state index < -0.39 is 11.9 Å². The minimum absolute atomic E-state index is 0.0304. The van der Waals surface area contributed by atoms with Crippen LogP contribution in [0.2, 0.25) is 5.02 Å². The van der Waals surface area contributed by atoms with Gasteiger partial charge >= 0.3 is 0 Å². The van der Waals surface area contributed by atoms with E-state index in [-0.39, 0.29) is 16.1 Å². The monoisotopic (exact) mass is 341 g/mol. The van der Waals surface area contributed by atoms with E-state index in [1.165, 1.54) is 30.9 Å². The molecule has 0 atom stereocenters. The van der Waals surface area contributed by atoms with E-state index in [0.29, 0.717) is 11.4 Å². The molecule has 1 heterocycles. The lowest BCUT2D eigenvalue weighted by molar-refractivity contribution is -0.255. The smallest absolute Gasteiger partial charge is 0.257 e. The van der Waals surface area contributed by atoms with Gasteiger partial charge in [-0.3, -0.25) is 9.36 Å². The first kappa shape index (κ1) is 15.7. The van der Waals surface area contributed by atoms with Gasteiger partial charge in [0.05, 0.1) is 16.6 Å². The number of carbonyl (C=O) groups is 2. The van der Waals surface area contributed by atoms with Crippen molar-refractivity contribution in [2.75, 3.05) is 5.32 Å². The molecular weight excluding hydrogens is 332 g/mol. The van der Waals surface area contributed by atoms with Gasteiger partial charge in [-0.2, -0.15) is 0 Å². The molecule has 0 fully saturated rings. The van der Waals surface area contributed by atoms with E-state index in [9.17, 15) is 14.7 Å². The number of aromatic nitrogens is 3. The molecule has 0 saturated carbocycles. The van der Waals surface area contributed by atoms with E-state index in [0.717, 1.165) is 0 Å². The highest BCUT2D eigenvalue weighted by Crippen LogP contribution is 2.21. The zero-order valence-electron chi connectivity index (χ0n) is 12.1. The first-order valence-electron chi connectivity index (χ1n) is 6.82. The number of nitrogens with one attached hydrogen (secondary N) is 1. The second-order valence-electron chi connectivity index (χ2n) is 4.86. The molecule has 120 valence electrons. The molecule has 1 N–H and O–H groups in total. The fourth-order valence-corrected chi connectivity index (χ4v) is 2.31. The number of nitrogens with zero attached hydrogens (tertiary/aromatic N) is 3. The van der Waals surface area contributed by atoms with Crippen molar-refractivity contribution >= 4 is 29.2 Å². The van der Waals surface area contributed by atoms with Crippen LogP contribution in [-0.2, 0) is 0 Å². The average Bonchev–Trinajstić information content (AvgIpc) is 3.10. The third kappa shape index (κ3) is 3.26. The van der Waals surface area contributed by atoms with Crippen molar-refractivity contribution in [3.05, 3.63) is 71.3 Å². The largest absolute Gasteiger partial charge is 0.545 e. The quantitative estimate of drug-likeness (QED) is 0.775. The van der Waals surface area contributed by atoms with Crippen LogP contribution in [0.3, 0.4) is 0 Å². The lowest BCUT2D eigenvalue weighted by Gasteiger charge is -2.10. The van der Waals surface area contributed by atoms with E-state index >= 15 is 0 Å². The molecule has 0 aliphatic heterocycles. The van der Waals surface area contributed by atoms with Gasteiger partial charge in [0, 0.05) is 11.4 Å². The molecule has 0 spiro atoms. The molecule has 0 radical (unpaired) electrons. The van der Waals surface area contributed by atoms with Gasteiger partial charge in [0.2, 0.25) is 0 Å². The van der Waals surface area contributed by atoms with Crippen LogP contribution in [0.15, 0.2) is 55.1 Å². The third-order valence-corrected chi connectivity index (χ3v) is 3.60. The van der Waals surface area contributed by atoms with Gasteiger partial charge in [0.15, 0.2) is 0 Å². The number of rotatable bonds is 4. The summed E-state index contributed by atoms with van der Waals surface area (Å²) >= 11 is 6.09. The van der Waals surface area contributed by atoms with Crippen LogP contribution in [0.5, 0.6) is 0 Å². The Hall–Kier alpha value is -3.19. The van der Waals surface area contributed by atoms with Gasteiger partial charge in [-0.25, -0.2) is 0 Å². The molecule has 0 saturated heterocycles. The summed E-state index contributed by atoms with van der Waals surface area (Å²) in [6, 6.07) is 10.7. The van der Waals surface area contributed by atoms with E-state index in [1.54, 1.807) is 28.8 Å². The Morgan fingerprint density at radius 2 is 1.83 bits per heavy atom. The fraction of sp³-hybridized carbons (Fsp3) is 0. The van der Waals surface area contributed by atoms with Gasteiger partial charge in [0.1, 0.15) is 12.7 Å². The Labute approximate surface area is 141 Å². The van der Waals surface area contributed by atoms with Crippen molar-refractivity contribution in [1.82, 2.24) is 14.8 Å². The van der Waals surface area contributed by atoms with Gasteiger partial charge < -0.3 is 15.2 Å². The number of carbonyl (C=O) groups excluding carboxylic acids is 2. The molecule has 0 aliphatic carbocycles. The second kappa shape index (κ2) is 6.51. The molecule has 3 rings (SSSR count). The number of aromatic carboxylic acids is 1. The Morgan fingerprint density at radius 1 is 1.08 bits per heavy atom. The first-order chi connectivity index (χ1) is 11.5. The topological polar surface area (TPSA) is 99.9 Å². The van der Waals surface area contributed by atoms with Crippen LogP contribution >= 0.6 is 11.6 Å². The number of benzene rings is 2. The van der Waals surface area contributed by atoms with Gasteiger partial charge in [-0.15, -0.1) is 10.2 Å². The lowest BCUT2D eigenvalue weighted by atomic mass is 10.1. The Bertz CT molecular complexity index is 909. The first-order valence-corrected chi connectivity index (χ1v) is 7.20. The summed E-state index contributed by atoms with van der Waals surface area (Å²) in [6.45, 7) is 0. The fourth-order valence-electron chi connectivity index (χ4n) is 2.10. The summed E-state index contributed by atoms with van der Waals surface area (Å²) in [7, 11) is 0. The SMILES string of the molecule is O=C([O-])c1cccc(NC(=O)c2cc(-n3cnnc3)ccc2Cl)c1. The molecule has 1 amide bonds. The molecule has 2 aromatic carbocycles. The highest BCUT2D eigenvalue weighted by molar-refractivity contribution is 6.34. The van der Waals surface area contributed by atoms with E-state index in [4.69, 9.17) is 11.6 Å². The van der Waals surface area contributed by atoms with E-state index in [2.05, 4.69) is 15.5 Å². The Balaban J connectivity index is 1.89. The van der Waals surface area contributed by atoms with Crippen LogP contribution in [0, 0.1) is 0 Å². The van der Waals surface area contributed by atoms with Crippen molar-refractivity contribution in [1.29, 1.82) is 0 Å². The van der Waals surface area contributed by atoms with E-state index in [1.807, 2.05) is 0 Å². The molecule has 24 heavy (non-hydrogen) atoms. The zero-order valence-corrected chi connectivity index (χ0v) is 12.9. The Morgan fingerprint density at radius 3 is 2.54 bits per heavy atom. The molecule has 1 aromatic heterocycles. The van der Waals surface area contributed by atoms with Crippen LogP contribution in [0.1, 0.15) is 20.7 Å². The molecule has 8 heteroatoms. The van der Waals surface area contributed by atoms with Gasteiger partial charge in [0.25, 0.3) is 5.91 Å². The summed E-state index contributed by atoms with van der Waals surface area (Å²) in [5.74, 6) is -1.79. The molecular formula is C16H10ClN4O3-. The summed E-state index contributed by atoms with van der Waals surface area (Å²) in [5.41, 5.74) is 1.20. The summed E-state index contributed by atoms with van der Waals surface area (Å²) in [4.78, 5) is 23.3. The highest BCUT2D eigenvalue weighted by atomic mass is 35.5. The van der Waals surface area contributed by atoms with Crippen molar-refractivity contribution in [3.63, 3.8) is 0 Å². The lowest BCUT2D eigenvalue weighted by Crippen LogP contribution is -2.22. The summed E-state index contributed by atoms with van der Waals surface area (Å²) < 4.78 is 1.63. The normalized spacial score (nSPS) is 10.4. The van der Waals surface area contributed by atoms with Crippen molar-refractivity contribution in [2.45, 2.75) is 0 Å². The number of halogens is 1. The molecule has 0 unspecified atom stereocenters. The van der Waals surface area contributed by atoms with Crippen LogP contribution in [-0.4, -0.2) is 26.6 Å². The minimum atomic E-state index is -1.32. The summed E-state index contributed by atoms with van der Waals surface area (Å²) in [6.07, 6.45) is 2.99. The maximum absolute atomic E-state index is 12.4. The average molecular weight is 342 g/mol. The third-order valence-electron chi connectivity index (χ3n) is 3.27. The molecule has 0 aliphatic rings. The predicted octanol–water partition coefficient (Wildman–Crippen LogP) is 1.54. The number of hydrogen-bond acceptors (Lipinski definition) is 5. The minimum Gasteiger partial charge on any atom is -0.545 e. The van der Waals surface area contributed by atoms with Crippen molar-refractivity contribution < 1.29 is 14.7 Å². The zero-order chi connectivity index (χ0) is 17.1. The van der Waals surface area contributed by atoms with Crippen molar-refractivity contribution in [2.24, 2.45) is 0 Å². The predicted molar refractivity (Wildman–Crippen MR) is 85.1 cm³/mol. The number of anilines is 1. The highest BCUT2D eigenvalue weighted by Gasteiger charge is 2.13. The second-order valence-corrected chi connectivity index (χ2v) is 5.26. The molecule has 0 bridgehead atoms. The van der Waals surface area contributed by atoms with Crippen LogP contribution in [0.4, 0.5) is 5.69 Å². The van der Waals surface area contributed by atoms with Crippen molar-refractivity contribution in [3.8, 4) is 5.69 Å². The number of hydrogen-bond donors (Lipinski definition) is 1. The number of carboxylic acids is 1. The molecule has 7 nitrogen and oxygen atoms in total. The number of amides is 1. The maximum atomic E-state index is 12.4. The van der Waals surface area contributed by atoms with Gasteiger partial charge in [-0.05, 0) is 35.9 Å². The standard InChI is InChI=1S/C16H11ClN4O3/c17-14-5-4-12(21-8-18-19-9-21)7-13(14)15(22)20-11-3-1-2-10(6-11)16(23)24/h1-9H,(H,20,22)(H,23,24)/p-1.